The molecule has 1 amide bonds. The maximum Gasteiger partial charge on any atom is 0.223 e. The van der Waals surface area contributed by atoms with Gasteiger partial charge in [-0.05, 0) is 24.7 Å². The lowest BCUT2D eigenvalue weighted by Gasteiger charge is -2.19. The van der Waals surface area contributed by atoms with Crippen LogP contribution in [0.4, 0.5) is 0 Å². The monoisotopic (exact) mass is 356 g/mol. The van der Waals surface area contributed by atoms with Gasteiger partial charge in [0.2, 0.25) is 11.8 Å². The normalized spacial score (nSPS) is 25.1. The van der Waals surface area contributed by atoms with Gasteiger partial charge < -0.3 is 9.84 Å². The molecule has 1 saturated carbocycles. The van der Waals surface area contributed by atoms with Crippen LogP contribution in [0.2, 0.25) is 0 Å². The minimum Gasteiger partial charge on any atom is -0.352 e. The third-order valence-corrected chi connectivity index (χ3v) is 5.59. The second-order valence-electron chi connectivity index (χ2n) is 6.98. The Labute approximate surface area is 141 Å². The van der Waals surface area contributed by atoms with Crippen LogP contribution in [0.1, 0.15) is 31.0 Å². The molecule has 1 saturated heterocycles. The molecule has 0 aromatic carbocycles. The van der Waals surface area contributed by atoms with Crippen molar-refractivity contribution in [1.82, 2.24) is 20.4 Å². The molecule has 8 nitrogen and oxygen atoms in total. The van der Waals surface area contributed by atoms with Gasteiger partial charge in [-0.1, -0.05) is 5.16 Å². The number of hydrogen-bond acceptors (Lipinski definition) is 7. The molecule has 134 valence electrons. The fraction of sp³-hybridized carbons (Fsp3) is 0.800. The second kappa shape index (κ2) is 6.79. The van der Waals surface area contributed by atoms with Gasteiger partial charge in [-0.25, -0.2) is 8.42 Å². The van der Waals surface area contributed by atoms with E-state index in [1.54, 1.807) is 6.92 Å². The minimum atomic E-state index is -3.12. The molecule has 1 N–H and O–H groups in total. The van der Waals surface area contributed by atoms with Crippen molar-refractivity contribution in [3.63, 3.8) is 0 Å². The molecule has 9 heteroatoms. The van der Waals surface area contributed by atoms with E-state index in [2.05, 4.69) is 20.4 Å². The molecule has 1 aliphatic carbocycles. The minimum absolute atomic E-state index is 0.0246. The Hall–Kier alpha value is -1.48. The molecular weight excluding hydrogens is 332 g/mol. The molecule has 1 aromatic rings. The first-order valence-electron chi connectivity index (χ1n) is 8.29. The number of sulfone groups is 1. The highest BCUT2D eigenvalue weighted by Crippen LogP contribution is 2.41. The van der Waals surface area contributed by atoms with Gasteiger partial charge in [0.15, 0.2) is 5.82 Å². The Morgan fingerprint density at radius 1 is 1.38 bits per heavy atom. The standard InChI is InChI=1S/C15H24N4O4S/c1-10-16-14(18-23-10)9-19-7-12(11-3-4-11)13(8-19)17-15(20)5-6-24(2,21)22/h11-13H,3-9H2,1-2H3,(H,17,20)/t12-,13+/m0/s1. The van der Waals surface area contributed by atoms with Crippen LogP contribution in [-0.2, 0) is 21.2 Å². The molecule has 2 aliphatic rings. The molecule has 0 unspecified atom stereocenters. The van der Waals surface area contributed by atoms with Gasteiger partial charge in [0.1, 0.15) is 9.84 Å². The molecule has 2 heterocycles. The van der Waals surface area contributed by atoms with E-state index in [0.717, 1.165) is 19.3 Å². The number of amides is 1. The van der Waals surface area contributed by atoms with Gasteiger partial charge in [0.05, 0.1) is 12.3 Å². The lowest BCUT2D eigenvalue weighted by atomic mass is 9.98. The highest BCUT2D eigenvalue weighted by molar-refractivity contribution is 7.90. The Kier molecular flexibility index (Phi) is 4.91. The maximum atomic E-state index is 12.1. The predicted molar refractivity (Wildman–Crippen MR) is 86.8 cm³/mol. The lowest BCUT2D eigenvalue weighted by Crippen LogP contribution is -2.41. The molecule has 2 fully saturated rings. The number of aromatic nitrogens is 2. The van der Waals surface area contributed by atoms with E-state index in [1.807, 2.05) is 0 Å². The molecule has 0 bridgehead atoms. The summed E-state index contributed by atoms with van der Waals surface area (Å²) in [7, 11) is -3.12. The fourth-order valence-corrected chi connectivity index (χ4v) is 3.92. The lowest BCUT2D eigenvalue weighted by molar-refractivity contribution is -0.121. The van der Waals surface area contributed by atoms with Crippen molar-refractivity contribution in [3.05, 3.63) is 11.7 Å². The van der Waals surface area contributed by atoms with E-state index in [-0.39, 0.29) is 24.1 Å². The number of rotatable bonds is 7. The number of nitrogens with zero attached hydrogens (tertiary/aromatic N) is 3. The second-order valence-corrected chi connectivity index (χ2v) is 9.24. The Morgan fingerprint density at radius 2 is 2.12 bits per heavy atom. The van der Waals surface area contributed by atoms with E-state index in [0.29, 0.717) is 30.1 Å². The highest BCUT2D eigenvalue weighted by atomic mass is 32.2. The van der Waals surface area contributed by atoms with E-state index >= 15 is 0 Å². The summed E-state index contributed by atoms with van der Waals surface area (Å²) in [6.07, 6.45) is 3.58. The predicted octanol–water partition coefficient (Wildman–Crippen LogP) is 0.139. The van der Waals surface area contributed by atoms with Gasteiger partial charge in [-0.15, -0.1) is 0 Å². The van der Waals surface area contributed by atoms with Crippen molar-refractivity contribution >= 4 is 15.7 Å². The van der Waals surface area contributed by atoms with E-state index in [1.165, 1.54) is 12.8 Å². The summed E-state index contributed by atoms with van der Waals surface area (Å²) in [6, 6.07) is 0.0672. The largest absolute Gasteiger partial charge is 0.352 e. The van der Waals surface area contributed by atoms with Crippen LogP contribution in [-0.4, -0.2) is 60.5 Å². The summed E-state index contributed by atoms with van der Waals surface area (Å²) in [5.41, 5.74) is 0. The quantitative estimate of drug-likeness (QED) is 0.741. The van der Waals surface area contributed by atoms with E-state index < -0.39 is 9.84 Å². The smallest absolute Gasteiger partial charge is 0.223 e. The molecule has 3 rings (SSSR count). The number of carbonyl (C=O) groups is 1. The number of carbonyl (C=O) groups excluding carboxylic acids is 1. The van der Waals surface area contributed by atoms with E-state index in [4.69, 9.17) is 4.52 Å². The van der Waals surface area contributed by atoms with Crippen LogP contribution in [0.15, 0.2) is 4.52 Å². The zero-order valence-electron chi connectivity index (χ0n) is 14.1. The first-order chi connectivity index (χ1) is 11.3. The van der Waals surface area contributed by atoms with Crippen molar-refractivity contribution in [3.8, 4) is 0 Å². The first-order valence-corrected chi connectivity index (χ1v) is 10.3. The van der Waals surface area contributed by atoms with Crippen LogP contribution < -0.4 is 5.32 Å². The average Bonchev–Trinajstić information content (AvgIpc) is 3.14. The van der Waals surface area contributed by atoms with Crippen molar-refractivity contribution in [2.75, 3.05) is 25.1 Å². The molecule has 2 atom stereocenters. The van der Waals surface area contributed by atoms with Gasteiger partial charge in [-0.2, -0.15) is 4.98 Å². The van der Waals surface area contributed by atoms with Gasteiger partial charge >= 0.3 is 0 Å². The zero-order valence-corrected chi connectivity index (χ0v) is 14.9. The van der Waals surface area contributed by atoms with Gasteiger partial charge in [-0.3, -0.25) is 9.69 Å². The molecular formula is C15H24N4O4S. The van der Waals surface area contributed by atoms with Crippen LogP contribution in [0.25, 0.3) is 0 Å². The van der Waals surface area contributed by atoms with Crippen molar-refractivity contribution in [2.45, 2.75) is 38.8 Å². The Morgan fingerprint density at radius 3 is 2.71 bits per heavy atom. The molecule has 24 heavy (non-hydrogen) atoms. The molecule has 0 radical (unpaired) electrons. The van der Waals surface area contributed by atoms with Crippen molar-refractivity contribution in [2.24, 2.45) is 11.8 Å². The third-order valence-electron chi connectivity index (χ3n) is 4.65. The maximum absolute atomic E-state index is 12.1. The molecule has 1 aliphatic heterocycles. The van der Waals surface area contributed by atoms with Crippen LogP contribution >= 0.6 is 0 Å². The summed E-state index contributed by atoms with van der Waals surface area (Å²) < 4.78 is 27.4. The summed E-state index contributed by atoms with van der Waals surface area (Å²) >= 11 is 0. The van der Waals surface area contributed by atoms with Crippen LogP contribution in [0.5, 0.6) is 0 Å². The number of nitrogens with one attached hydrogen (secondary N) is 1. The summed E-state index contributed by atoms with van der Waals surface area (Å²) in [6.45, 7) is 4.00. The number of aryl methyl sites for hydroxylation is 1. The first kappa shape index (κ1) is 17.3. The average molecular weight is 356 g/mol. The van der Waals surface area contributed by atoms with Gasteiger partial charge in [0, 0.05) is 38.7 Å². The fourth-order valence-electron chi connectivity index (χ4n) is 3.36. The Balaban J connectivity index is 1.56. The number of hydrogen-bond donors (Lipinski definition) is 1. The van der Waals surface area contributed by atoms with Crippen molar-refractivity contribution in [1.29, 1.82) is 0 Å². The zero-order chi connectivity index (χ0) is 17.3. The molecule has 1 aromatic heterocycles. The van der Waals surface area contributed by atoms with E-state index in [9.17, 15) is 13.2 Å². The third kappa shape index (κ3) is 4.76. The topological polar surface area (TPSA) is 105 Å². The molecule has 0 spiro atoms. The summed E-state index contributed by atoms with van der Waals surface area (Å²) in [5, 5.41) is 6.96. The summed E-state index contributed by atoms with van der Waals surface area (Å²) in [5.74, 6) is 1.99. The SMILES string of the molecule is Cc1nc(CN2C[C@@H](NC(=O)CCS(C)(=O)=O)[C@H](C3CC3)C2)no1. The van der Waals surface area contributed by atoms with Crippen LogP contribution in [0, 0.1) is 18.8 Å². The van der Waals surface area contributed by atoms with Crippen LogP contribution in [0.3, 0.4) is 0 Å². The Bertz CT molecular complexity index is 698. The highest BCUT2D eigenvalue weighted by Gasteiger charge is 2.43. The van der Waals surface area contributed by atoms with Gasteiger partial charge in [0.25, 0.3) is 0 Å². The van der Waals surface area contributed by atoms with Crippen molar-refractivity contribution < 1.29 is 17.7 Å². The summed E-state index contributed by atoms with van der Waals surface area (Å²) in [4.78, 5) is 18.5. The number of likely N-dealkylation sites (tertiary alicyclic amines) is 1.